The molecular formula is C22H19ClI2N2O. The summed E-state index contributed by atoms with van der Waals surface area (Å²) in [6.07, 6.45) is -0.532. The Morgan fingerprint density at radius 1 is 1.00 bits per heavy atom. The normalized spacial score (nSPS) is 12.6. The van der Waals surface area contributed by atoms with Gasteiger partial charge in [0.25, 0.3) is 0 Å². The van der Waals surface area contributed by atoms with Gasteiger partial charge in [0.1, 0.15) is 0 Å². The molecule has 0 amide bonds. The topological polar surface area (TPSA) is 37.2 Å². The van der Waals surface area contributed by atoms with Crippen molar-refractivity contribution in [3.63, 3.8) is 0 Å². The molecule has 1 heterocycles. The second kappa shape index (κ2) is 8.38. The quantitative estimate of drug-likeness (QED) is 0.254. The van der Waals surface area contributed by atoms with E-state index in [-0.39, 0.29) is 0 Å². The van der Waals surface area contributed by atoms with Gasteiger partial charge in [0.05, 0.1) is 12.6 Å². The monoisotopic (exact) mass is 616 g/mol. The van der Waals surface area contributed by atoms with E-state index in [4.69, 9.17) is 11.6 Å². The van der Waals surface area contributed by atoms with Crippen molar-refractivity contribution < 1.29 is 5.11 Å². The molecule has 0 aliphatic carbocycles. The molecule has 3 aromatic carbocycles. The number of benzene rings is 3. The maximum absolute atomic E-state index is 10.8. The summed E-state index contributed by atoms with van der Waals surface area (Å²) in [7, 11) is 0. The molecule has 0 saturated carbocycles. The molecule has 3 nitrogen and oxygen atoms in total. The molecule has 0 unspecified atom stereocenters. The van der Waals surface area contributed by atoms with E-state index in [0.29, 0.717) is 13.1 Å². The molecule has 2 N–H and O–H groups in total. The predicted octanol–water partition coefficient (Wildman–Crippen LogP) is 6.44. The molecule has 6 heteroatoms. The van der Waals surface area contributed by atoms with E-state index in [1.807, 2.05) is 25.1 Å². The van der Waals surface area contributed by atoms with Gasteiger partial charge in [0.2, 0.25) is 0 Å². The van der Waals surface area contributed by atoms with E-state index in [1.165, 1.54) is 17.9 Å². The number of hydrogen-bond donors (Lipinski definition) is 2. The number of hydrogen-bond acceptors (Lipinski definition) is 2. The third-order valence-electron chi connectivity index (χ3n) is 4.98. The molecular weight excluding hydrogens is 598 g/mol. The van der Waals surface area contributed by atoms with Gasteiger partial charge in [0, 0.05) is 46.2 Å². The Balaban J connectivity index is 1.64. The molecule has 0 aliphatic rings. The van der Waals surface area contributed by atoms with Crippen molar-refractivity contribution in [2.24, 2.45) is 0 Å². The molecule has 0 fully saturated rings. The van der Waals surface area contributed by atoms with Crippen LogP contribution in [0.15, 0.2) is 54.6 Å². The molecule has 0 spiro atoms. The maximum Gasteiger partial charge on any atom is 0.0891 e. The van der Waals surface area contributed by atoms with Crippen LogP contribution in [0.4, 0.5) is 5.69 Å². The largest absolute Gasteiger partial charge is 0.389 e. The van der Waals surface area contributed by atoms with Gasteiger partial charge in [-0.25, -0.2) is 0 Å². The minimum absolute atomic E-state index is 0.455. The highest BCUT2D eigenvalue weighted by atomic mass is 127. The van der Waals surface area contributed by atoms with Crippen molar-refractivity contribution in [3.8, 4) is 0 Å². The zero-order chi connectivity index (χ0) is 19.8. The summed E-state index contributed by atoms with van der Waals surface area (Å²) in [5.74, 6) is 0. The molecule has 1 atom stereocenters. The number of fused-ring (bicyclic) bond motifs is 3. The summed E-state index contributed by atoms with van der Waals surface area (Å²) in [5.41, 5.74) is 4.25. The van der Waals surface area contributed by atoms with Crippen molar-refractivity contribution in [2.75, 3.05) is 11.9 Å². The van der Waals surface area contributed by atoms with Crippen LogP contribution in [-0.4, -0.2) is 22.3 Å². The van der Waals surface area contributed by atoms with Crippen LogP contribution in [0.5, 0.6) is 0 Å². The number of aromatic nitrogens is 1. The van der Waals surface area contributed by atoms with Gasteiger partial charge in [-0.2, -0.15) is 0 Å². The lowest BCUT2D eigenvalue weighted by Gasteiger charge is -2.17. The van der Waals surface area contributed by atoms with Gasteiger partial charge in [-0.1, -0.05) is 17.7 Å². The Bertz CT molecular complexity index is 1110. The maximum atomic E-state index is 10.8. The van der Waals surface area contributed by atoms with Crippen molar-refractivity contribution in [3.05, 3.63) is 72.3 Å². The lowest BCUT2D eigenvalue weighted by atomic mass is 10.2. The fourth-order valence-corrected chi connectivity index (χ4v) is 4.70. The van der Waals surface area contributed by atoms with Crippen LogP contribution in [0.25, 0.3) is 21.8 Å². The highest BCUT2D eigenvalue weighted by Crippen LogP contribution is 2.32. The third kappa shape index (κ3) is 3.99. The number of nitrogens with zero attached hydrogens (tertiary/aromatic N) is 1. The zero-order valence-electron chi connectivity index (χ0n) is 15.2. The van der Waals surface area contributed by atoms with E-state index in [2.05, 4.69) is 91.5 Å². The summed E-state index contributed by atoms with van der Waals surface area (Å²) in [6, 6.07) is 18.7. The second-order valence-corrected chi connectivity index (χ2v) is 9.78. The number of nitrogens with one attached hydrogen (secondary N) is 1. The first kappa shape index (κ1) is 20.3. The van der Waals surface area contributed by atoms with E-state index < -0.39 is 6.10 Å². The standard InChI is InChI=1S/C22H19ClI2N2O/c1-13-19(23)3-2-4-20(13)26-11-16(28)12-27-21-7-5-14(24)9-17(21)18-10-15(25)6-8-22(18)27/h2-10,16,26,28H,11-12H2,1H3/t16-/m0/s1. The van der Waals surface area contributed by atoms with Crippen LogP contribution in [0.2, 0.25) is 5.02 Å². The van der Waals surface area contributed by atoms with Gasteiger partial charge in [-0.05, 0) is 106 Å². The number of aliphatic hydroxyl groups is 1. The molecule has 1 aromatic heterocycles. The van der Waals surface area contributed by atoms with Crippen LogP contribution >= 0.6 is 56.8 Å². The first-order valence-corrected chi connectivity index (χ1v) is 11.5. The second-order valence-electron chi connectivity index (χ2n) is 6.88. The number of anilines is 1. The molecule has 0 saturated heterocycles. The minimum Gasteiger partial charge on any atom is -0.389 e. The van der Waals surface area contributed by atoms with Crippen LogP contribution < -0.4 is 5.32 Å². The summed E-state index contributed by atoms with van der Waals surface area (Å²) >= 11 is 10.9. The first-order chi connectivity index (χ1) is 13.4. The molecule has 0 bridgehead atoms. The Morgan fingerprint density at radius 3 is 2.21 bits per heavy atom. The van der Waals surface area contributed by atoms with Crippen LogP contribution in [0, 0.1) is 14.1 Å². The number of aliphatic hydroxyl groups excluding tert-OH is 1. The van der Waals surface area contributed by atoms with Crippen LogP contribution in [0.3, 0.4) is 0 Å². The Kier molecular flexibility index (Phi) is 6.06. The zero-order valence-corrected chi connectivity index (χ0v) is 20.3. The van der Waals surface area contributed by atoms with Crippen molar-refractivity contribution in [1.29, 1.82) is 0 Å². The van der Waals surface area contributed by atoms with E-state index in [1.54, 1.807) is 0 Å². The third-order valence-corrected chi connectivity index (χ3v) is 6.73. The smallest absolute Gasteiger partial charge is 0.0891 e. The van der Waals surface area contributed by atoms with Gasteiger partial charge in [0.15, 0.2) is 0 Å². The Labute approximate surface area is 196 Å². The van der Waals surface area contributed by atoms with Gasteiger partial charge in [-0.15, -0.1) is 0 Å². The van der Waals surface area contributed by atoms with Gasteiger partial charge < -0.3 is 15.0 Å². The van der Waals surface area contributed by atoms with E-state index >= 15 is 0 Å². The number of halogens is 3. The summed E-state index contributed by atoms with van der Waals surface area (Å²) < 4.78 is 4.64. The molecule has 0 radical (unpaired) electrons. The Morgan fingerprint density at radius 2 is 1.61 bits per heavy atom. The van der Waals surface area contributed by atoms with Crippen molar-refractivity contribution in [2.45, 2.75) is 19.6 Å². The first-order valence-electron chi connectivity index (χ1n) is 8.98. The molecule has 28 heavy (non-hydrogen) atoms. The fraction of sp³-hybridized carbons (Fsp3) is 0.182. The summed E-state index contributed by atoms with van der Waals surface area (Å²) in [5, 5.41) is 17.3. The fourth-order valence-electron chi connectivity index (χ4n) is 3.55. The van der Waals surface area contributed by atoms with Crippen molar-refractivity contribution >= 4 is 84.3 Å². The van der Waals surface area contributed by atoms with E-state index in [0.717, 1.165) is 27.3 Å². The van der Waals surface area contributed by atoms with Crippen LogP contribution in [0.1, 0.15) is 5.56 Å². The minimum atomic E-state index is -0.532. The van der Waals surface area contributed by atoms with E-state index in [9.17, 15) is 5.11 Å². The van der Waals surface area contributed by atoms with Gasteiger partial charge >= 0.3 is 0 Å². The highest BCUT2D eigenvalue weighted by Gasteiger charge is 2.15. The highest BCUT2D eigenvalue weighted by molar-refractivity contribution is 14.1. The molecule has 4 rings (SSSR count). The SMILES string of the molecule is Cc1c(Cl)cccc1NC[C@H](O)Cn1c2ccc(I)cc2c2cc(I)ccc21. The predicted molar refractivity (Wildman–Crippen MR) is 136 cm³/mol. The number of rotatable bonds is 5. The lowest BCUT2D eigenvalue weighted by Crippen LogP contribution is -2.25. The molecule has 144 valence electrons. The van der Waals surface area contributed by atoms with Crippen LogP contribution in [-0.2, 0) is 6.54 Å². The summed E-state index contributed by atoms with van der Waals surface area (Å²) in [6.45, 7) is 2.96. The Hall–Kier alpha value is -1.03. The average Bonchev–Trinajstić information content (AvgIpc) is 2.95. The van der Waals surface area contributed by atoms with Gasteiger partial charge in [-0.3, -0.25) is 0 Å². The average molecular weight is 617 g/mol. The van der Waals surface area contributed by atoms with Crippen molar-refractivity contribution in [1.82, 2.24) is 4.57 Å². The lowest BCUT2D eigenvalue weighted by molar-refractivity contribution is 0.169. The molecule has 0 aliphatic heterocycles. The summed E-state index contributed by atoms with van der Waals surface area (Å²) in [4.78, 5) is 0. The molecule has 4 aromatic rings.